The number of pyridine rings is 1. The van der Waals surface area contributed by atoms with Crippen molar-refractivity contribution in [1.82, 2.24) is 9.99 Å². The number of rotatable bonds is 2. The van der Waals surface area contributed by atoms with Gasteiger partial charge in [0, 0.05) is 30.8 Å². The smallest absolute Gasteiger partial charge is 0.431 e. The highest BCUT2D eigenvalue weighted by Crippen LogP contribution is 2.21. The van der Waals surface area contributed by atoms with E-state index >= 15 is 0 Å². The van der Waals surface area contributed by atoms with E-state index in [0.29, 0.717) is 5.82 Å². The number of nitrogens with zero attached hydrogens (tertiary/aromatic N) is 3. The molecule has 1 aliphatic heterocycles. The van der Waals surface area contributed by atoms with Crippen LogP contribution in [0.1, 0.15) is 20.8 Å². The molecule has 2 rings (SSSR count). The largest absolute Gasteiger partial charge is 0.442 e. The third-order valence-electron chi connectivity index (χ3n) is 2.70. The van der Waals surface area contributed by atoms with E-state index in [1.807, 2.05) is 55.7 Å². The maximum absolute atomic E-state index is 12.5. The van der Waals surface area contributed by atoms with E-state index in [9.17, 15) is 4.79 Å². The Bertz CT molecular complexity index is 441. The topological polar surface area (TPSA) is 45.7 Å². The number of carbonyl (C=O) groups is 1. The van der Waals surface area contributed by atoms with Gasteiger partial charge in [-0.1, -0.05) is 6.07 Å². The Morgan fingerprint density at radius 3 is 2.60 bits per heavy atom. The molecule has 0 radical (unpaired) electrons. The van der Waals surface area contributed by atoms with Crippen LogP contribution < -0.4 is 5.01 Å². The van der Waals surface area contributed by atoms with Crippen LogP contribution in [0.25, 0.3) is 0 Å². The predicted octanol–water partition coefficient (Wildman–Crippen LogP) is 2.79. The zero-order chi connectivity index (χ0) is 14.6. The molecule has 0 atom stereocenters. The molecule has 1 amide bonds. The van der Waals surface area contributed by atoms with Crippen LogP contribution in [0.5, 0.6) is 0 Å². The average molecular weight is 295 g/mol. The number of hydrogen-bond acceptors (Lipinski definition) is 5. The molecule has 1 aromatic heterocycles. The van der Waals surface area contributed by atoms with E-state index in [1.54, 1.807) is 11.2 Å². The fourth-order valence-corrected chi connectivity index (χ4v) is 2.78. The lowest BCUT2D eigenvalue weighted by molar-refractivity contribution is 0.0467. The number of aromatic nitrogens is 1. The molecule has 2 heterocycles. The number of hydrazine groups is 1. The Kier molecular flexibility index (Phi) is 4.88. The summed E-state index contributed by atoms with van der Waals surface area (Å²) in [5.41, 5.74) is -0.519. The van der Waals surface area contributed by atoms with Gasteiger partial charge in [0.1, 0.15) is 5.60 Å². The van der Waals surface area contributed by atoms with Gasteiger partial charge in [-0.25, -0.2) is 14.8 Å². The van der Waals surface area contributed by atoms with Crippen molar-refractivity contribution >= 4 is 23.7 Å². The molecule has 0 N–H and O–H groups in total. The van der Waals surface area contributed by atoms with Gasteiger partial charge in [-0.05, 0) is 32.9 Å². The minimum Gasteiger partial charge on any atom is -0.442 e. The number of anilines is 1. The standard InChI is InChI=1S/C14H21N3O2S/c1-14(2,3)19-13(18)17(12-6-4-5-7-15-12)16-8-10-20-11-9-16/h4-7H,8-11H2,1-3H3. The Balaban J connectivity index is 2.22. The summed E-state index contributed by atoms with van der Waals surface area (Å²) < 4.78 is 5.51. The fraction of sp³-hybridized carbons (Fsp3) is 0.571. The molecule has 1 fully saturated rings. The van der Waals surface area contributed by atoms with Gasteiger partial charge in [-0.2, -0.15) is 16.8 Å². The highest BCUT2D eigenvalue weighted by Gasteiger charge is 2.30. The van der Waals surface area contributed by atoms with Crippen molar-refractivity contribution in [3.05, 3.63) is 24.4 Å². The first-order valence-electron chi connectivity index (χ1n) is 6.74. The highest BCUT2D eigenvalue weighted by molar-refractivity contribution is 7.99. The third kappa shape index (κ3) is 4.11. The summed E-state index contributed by atoms with van der Waals surface area (Å²) in [6, 6.07) is 5.53. The van der Waals surface area contributed by atoms with Crippen LogP contribution in [-0.2, 0) is 4.74 Å². The minimum absolute atomic E-state index is 0.372. The van der Waals surface area contributed by atoms with Gasteiger partial charge in [0.25, 0.3) is 0 Å². The fourth-order valence-electron chi connectivity index (χ4n) is 1.89. The second kappa shape index (κ2) is 6.45. The van der Waals surface area contributed by atoms with Gasteiger partial charge in [0.15, 0.2) is 5.82 Å². The van der Waals surface area contributed by atoms with Gasteiger partial charge in [0.05, 0.1) is 0 Å². The Morgan fingerprint density at radius 1 is 1.35 bits per heavy atom. The van der Waals surface area contributed by atoms with Crippen LogP contribution in [0.15, 0.2) is 24.4 Å². The van der Waals surface area contributed by atoms with Gasteiger partial charge in [-0.3, -0.25) is 0 Å². The monoisotopic (exact) mass is 295 g/mol. The SMILES string of the molecule is CC(C)(C)OC(=O)N(c1ccccn1)N1CCSCC1. The predicted molar refractivity (Wildman–Crippen MR) is 81.8 cm³/mol. The quantitative estimate of drug-likeness (QED) is 0.839. The summed E-state index contributed by atoms with van der Waals surface area (Å²) in [5.74, 6) is 2.62. The van der Waals surface area contributed by atoms with Crippen LogP contribution in [-0.4, -0.2) is 46.3 Å². The second-order valence-electron chi connectivity index (χ2n) is 5.55. The van der Waals surface area contributed by atoms with Crippen LogP contribution in [0.4, 0.5) is 10.6 Å². The summed E-state index contributed by atoms with van der Waals surface area (Å²) >= 11 is 1.90. The lowest BCUT2D eigenvalue weighted by Crippen LogP contribution is -2.52. The zero-order valence-electron chi connectivity index (χ0n) is 12.2. The second-order valence-corrected chi connectivity index (χ2v) is 6.77. The number of carbonyl (C=O) groups excluding carboxylic acids is 1. The maximum Gasteiger partial charge on any atom is 0.431 e. The van der Waals surface area contributed by atoms with Crippen LogP contribution in [0.2, 0.25) is 0 Å². The molecule has 0 unspecified atom stereocenters. The van der Waals surface area contributed by atoms with E-state index in [-0.39, 0.29) is 6.09 Å². The van der Waals surface area contributed by atoms with Gasteiger partial charge >= 0.3 is 6.09 Å². The average Bonchev–Trinajstić information content (AvgIpc) is 2.39. The molecular weight excluding hydrogens is 274 g/mol. The molecule has 1 aliphatic rings. The van der Waals surface area contributed by atoms with E-state index < -0.39 is 5.60 Å². The van der Waals surface area contributed by atoms with E-state index in [0.717, 1.165) is 24.6 Å². The number of hydrogen-bond donors (Lipinski definition) is 0. The van der Waals surface area contributed by atoms with Gasteiger partial charge < -0.3 is 4.74 Å². The molecule has 1 saturated heterocycles. The van der Waals surface area contributed by atoms with Crippen molar-refractivity contribution in [3.63, 3.8) is 0 Å². The maximum atomic E-state index is 12.5. The first kappa shape index (κ1) is 15.1. The highest BCUT2D eigenvalue weighted by atomic mass is 32.2. The van der Waals surface area contributed by atoms with Crippen molar-refractivity contribution in [1.29, 1.82) is 0 Å². The Labute approximate surface area is 124 Å². The summed E-state index contributed by atoms with van der Waals surface area (Å²) in [7, 11) is 0. The summed E-state index contributed by atoms with van der Waals surface area (Å²) in [6.45, 7) is 7.25. The minimum atomic E-state index is -0.519. The molecule has 6 heteroatoms. The third-order valence-corrected chi connectivity index (χ3v) is 3.65. The lowest BCUT2D eigenvalue weighted by Gasteiger charge is -2.36. The molecule has 0 aromatic carbocycles. The Hall–Kier alpha value is -1.27. The van der Waals surface area contributed by atoms with Crippen molar-refractivity contribution in [3.8, 4) is 0 Å². The normalized spacial score (nSPS) is 16.8. The van der Waals surface area contributed by atoms with Crippen molar-refractivity contribution in [2.45, 2.75) is 26.4 Å². The lowest BCUT2D eigenvalue weighted by atomic mass is 10.2. The molecule has 0 spiro atoms. The van der Waals surface area contributed by atoms with Gasteiger partial charge in [0.2, 0.25) is 0 Å². The van der Waals surface area contributed by atoms with E-state index in [1.165, 1.54) is 0 Å². The molecular formula is C14H21N3O2S. The number of ether oxygens (including phenoxy) is 1. The van der Waals surface area contributed by atoms with Gasteiger partial charge in [-0.15, -0.1) is 0 Å². The molecule has 20 heavy (non-hydrogen) atoms. The molecule has 0 aliphatic carbocycles. The van der Waals surface area contributed by atoms with E-state index in [2.05, 4.69) is 4.98 Å². The van der Waals surface area contributed by atoms with Crippen molar-refractivity contribution in [2.24, 2.45) is 0 Å². The van der Waals surface area contributed by atoms with Crippen molar-refractivity contribution in [2.75, 3.05) is 29.6 Å². The van der Waals surface area contributed by atoms with Crippen LogP contribution in [0.3, 0.4) is 0 Å². The van der Waals surface area contributed by atoms with Crippen LogP contribution in [0, 0.1) is 0 Å². The molecule has 0 saturated carbocycles. The summed E-state index contributed by atoms with van der Waals surface area (Å²) in [6.07, 6.45) is 1.31. The van der Waals surface area contributed by atoms with Crippen molar-refractivity contribution < 1.29 is 9.53 Å². The first-order valence-corrected chi connectivity index (χ1v) is 7.89. The summed E-state index contributed by atoms with van der Waals surface area (Å²) in [5, 5.41) is 3.57. The summed E-state index contributed by atoms with van der Waals surface area (Å²) in [4.78, 5) is 16.8. The van der Waals surface area contributed by atoms with Crippen LogP contribution >= 0.6 is 11.8 Å². The molecule has 5 nitrogen and oxygen atoms in total. The molecule has 0 bridgehead atoms. The first-order chi connectivity index (χ1) is 9.47. The number of thioether (sulfide) groups is 1. The molecule has 110 valence electrons. The Morgan fingerprint density at radius 2 is 2.05 bits per heavy atom. The van der Waals surface area contributed by atoms with E-state index in [4.69, 9.17) is 4.74 Å². The zero-order valence-corrected chi connectivity index (χ0v) is 13.0. The number of amides is 1. The molecule has 1 aromatic rings.